The Balaban J connectivity index is 1.55. The van der Waals surface area contributed by atoms with Crippen LogP contribution in [0.25, 0.3) is 11.4 Å². The summed E-state index contributed by atoms with van der Waals surface area (Å²) in [6, 6.07) is 7.40. The van der Waals surface area contributed by atoms with Crippen LogP contribution in [0.4, 0.5) is 0 Å². The van der Waals surface area contributed by atoms with Crippen molar-refractivity contribution in [1.82, 2.24) is 20.8 Å². The van der Waals surface area contributed by atoms with Gasteiger partial charge in [-0.3, -0.25) is 4.99 Å². The number of aliphatic hydroxyl groups is 1. The van der Waals surface area contributed by atoms with Crippen molar-refractivity contribution in [3.8, 4) is 11.4 Å². The summed E-state index contributed by atoms with van der Waals surface area (Å²) in [5.74, 6) is 1.89. The maximum absolute atomic E-state index is 9.51. The number of hydrogen-bond acceptors (Lipinski definition) is 5. The minimum atomic E-state index is 0.133. The molecule has 1 aliphatic rings. The van der Waals surface area contributed by atoms with Crippen molar-refractivity contribution in [3.05, 3.63) is 35.2 Å². The summed E-state index contributed by atoms with van der Waals surface area (Å²) in [4.78, 5) is 9.28. The molecule has 1 aromatic carbocycles. The standard InChI is InChI=1S/C22H32ClN5O2/c1-2-24-21(26-16-22(12-14-29)10-4-3-5-11-22)25-13-9-19-27-20(28-30-19)17-7-6-8-18(23)15-17/h6-8,15,29H,2-5,9-14,16H2,1H3,(H2,24,25,26). The highest BCUT2D eigenvalue weighted by Crippen LogP contribution is 2.39. The zero-order valence-electron chi connectivity index (χ0n) is 17.7. The molecule has 0 spiro atoms. The third-order valence-corrected chi connectivity index (χ3v) is 5.89. The van der Waals surface area contributed by atoms with Gasteiger partial charge < -0.3 is 20.3 Å². The summed E-state index contributed by atoms with van der Waals surface area (Å²) in [6.07, 6.45) is 7.45. The van der Waals surface area contributed by atoms with Crippen molar-refractivity contribution >= 4 is 17.6 Å². The van der Waals surface area contributed by atoms with Crippen molar-refractivity contribution < 1.29 is 9.63 Å². The Hall–Kier alpha value is -2.12. The van der Waals surface area contributed by atoms with Crippen molar-refractivity contribution in [1.29, 1.82) is 0 Å². The number of nitrogens with zero attached hydrogens (tertiary/aromatic N) is 3. The second-order valence-corrected chi connectivity index (χ2v) is 8.36. The van der Waals surface area contributed by atoms with Crippen LogP contribution in [0.3, 0.4) is 0 Å². The maximum atomic E-state index is 9.51. The number of hydrogen-bond donors (Lipinski definition) is 3. The molecular weight excluding hydrogens is 402 g/mol. The Bertz CT molecular complexity index is 812. The number of aliphatic imine (C=N–C) groups is 1. The van der Waals surface area contributed by atoms with E-state index in [1.54, 1.807) is 0 Å². The smallest absolute Gasteiger partial charge is 0.228 e. The SMILES string of the molecule is CCNC(=NCC1(CCO)CCCCC1)NCCc1nc(-c2cccc(Cl)c2)no1. The van der Waals surface area contributed by atoms with E-state index in [1.807, 2.05) is 24.3 Å². The normalized spacial score (nSPS) is 16.4. The van der Waals surface area contributed by atoms with Crippen molar-refractivity contribution in [3.63, 3.8) is 0 Å². The first-order chi connectivity index (χ1) is 14.6. The highest BCUT2D eigenvalue weighted by molar-refractivity contribution is 6.30. The Labute approximate surface area is 183 Å². The van der Waals surface area contributed by atoms with Crippen LogP contribution in [0.15, 0.2) is 33.8 Å². The van der Waals surface area contributed by atoms with E-state index in [2.05, 4.69) is 27.7 Å². The number of halogens is 1. The van der Waals surface area contributed by atoms with E-state index < -0.39 is 0 Å². The molecule has 1 fully saturated rings. The fourth-order valence-corrected chi connectivity index (χ4v) is 4.19. The number of nitrogens with one attached hydrogen (secondary N) is 2. The summed E-state index contributed by atoms with van der Waals surface area (Å²) in [6.45, 7) is 4.44. The molecule has 1 aromatic heterocycles. The van der Waals surface area contributed by atoms with E-state index in [1.165, 1.54) is 19.3 Å². The van der Waals surface area contributed by atoms with Gasteiger partial charge in [-0.05, 0) is 43.7 Å². The first-order valence-corrected chi connectivity index (χ1v) is 11.2. The van der Waals surface area contributed by atoms with Gasteiger partial charge in [-0.15, -0.1) is 0 Å². The predicted molar refractivity (Wildman–Crippen MR) is 120 cm³/mol. The molecule has 1 heterocycles. The summed E-state index contributed by atoms with van der Waals surface area (Å²) in [5.41, 5.74) is 0.968. The Kier molecular flexibility index (Phi) is 8.51. The molecule has 0 unspecified atom stereocenters. The van der Waals surface area contributed by atoms with Crippen molar-refractivity contribution in [2.75, 3.05) is 26.2 Å². The molecule has 0 atom stereocenters. The minimum absolute atomic E-state index is 0.133. The lowest BCUT2D eigenvalue weighted by Gasteiger charge is -2.35. The summed E-state index contributed by atoms with van der Waals surface area (Å²) < 4.78 is 5.37. The van der Waals surface area contributed by atoms with Gasteiger partial charge in [0.2, 0.25) is 11.7 Å². The first-order valence-electron chi connectivity index (χ1n) is 10.9. The van der Waals surface area contributed by atoms with Gasteiger partial charge in [0.05, 0.1) is 0 Å². The summed E-state index contributed by atoms with van der Waals surface area (Å²) >= 11 is 6.03. The predicted octanol–water partition coefficient (Wildman–Crippen LogP) is 3.82. The molecule has 0 amide bonds. The maximum Gasteiger partial charge on any atom is 0.228 e. The molecule has 3 rings (SSSR count). The molecule has 7 nitrogen and oxygen atoms in total. The molecule has 0 radical (unpaired) electrons. The number of rotatable bonds is 9. The molecule has 1 aliphatic carbocycles. The van der Waals surface area contributed by atoms with Gasteiger partial charge in [0.1, 0.15) is 0 Å². The van der Waals surface area contributed by atoms with Crippen LogP contribution in [0.2, 0.25) is 5.02 Å². The Morgan fingerprint density at radius 2 is 2.10 bits per heavy atom. The third kappa shape index (κ3) is 6.44. The van der Waals surface area contributed by atoms with Crippen LogP contribution in [-0.4, -0.2) is 47.4 Å². The van der Waals surface area contributed by atoms with Gasteiger partial charge >= 0.3 is 0 Å². The molecule has 1 saturated carbocycles. The fraction of sp³-hybridized carbons (Fsp3) is 0.591. The van der Waals surface area contributed by atoms with Crippen molar-refractivity contribution in [2.45, 2.75) is 51.9 Å². The Morgan fingerprint density at radius 1 is 1.27 bits per heavy atom. The average Bonchev–Trinajstić information content (AvgIpc) is 3.22. The molecule has 3 N–H and O–H groups in total. The van der Waals surface area contributed by atoms with Crippen LogP contribution < -0.4 is 10.6 Å². The number of aliphatic hydroxyl groups excluding tert-OH is 1. The zero-order valence-corrected chi connectivity index (χ0v) is 18.4. The first kappa shape index (κ1) is 22.6. The van der Waals surface area contributed by atoms with Gasteiger partial charge in [-0.2, -0.15) is 4.98 Å². The van der Waals surface area contributed by atoms with E-state index in [0.717, 1.165) is 43.9 Å². The lowest BCUT2D eigenvalue weighted by Crippen LogP contribution is -2.40. The van der Waals surface area contributed by atoms with Gasteiger partial charge in [-0.1, -0.05) is 48.2 Å². The van der Waals surface area contributed by atoms with E-state index in [0.29, 0.717) is 29.7 Å². The lowest BCUT2D eigenvalue weighted by molar-refractivity contribution is 0.137. The van der Waals surface area contributed by atoms with Crippen LogP contribution in [0, 0.1) is 5.41 Å². The van der Waals surface area contributed by atoms with Crippen LogP contribution in [0.5, 0.6) is 0 Å². The third-order valence-electron chi connectivity index (χ3n) is 5.66. The second-order valence-electron chi connectivity index (χ2n) is 7.93. The molecule has 0 saturated heterocycles. The van der Waals surface area contributed by atoms with Crippen LogP contribution in [-0.2, 0) is 6.42 Å². The van der Waals surface area contributed by atoms with E-state index in [4.69, 9.17) is 21.1 Å². The van der Waals surface area contributed by atoms with Crippen LogP contribution in [0.1, 0.15) is 51.3 Å². The molecule has 0 bridgehead atoms. The highest BCUT2D eigenvalue weighted by Gasteiger charge is 2.31. The Morgan fingerprint density at radius 3 is 2.83 bits per heavy atom. The van der Waals surface area contributed by atoms with Gasteiger partial charge in [0, 0.05) is 43.2 Å². The van der Waals surface area contributed by atoms with Crippen molar-refractivity contribution in [2.24, 2.45) is 10.4 Å². The van der Waals surface area contributed by atoms with E-state index >= 15 is 0 Å². The van der Waals surface area contributed by atoms with Gasteiger partial charge in [0.25, 0.3) is 0 Å². The molecule has 30 heavy (non-hydrogen) atoms. The second kappa shape index (κ2) is 11.3. The number of guanidine groups is 1. The summed E-state index contributed by atoms with van der Waals surface area (Å²) in [5, 5.41) is 20.9. The molecular formula is C22H32ClN5O2. The van der Waals surface area contributed by atoms with Gasteiger partial charge in [0.15, 0.2) is 5.96 Å². The number of aromatic nitrogens is 2. The van der Waals surface area contributed by atoms with Crippen LogP contribution >= 0.6 is 11.6 Å². The monoisotopic (exact) mass is 433 g/mol. The average molecular weight is 434 g/mol. The largest absolute Gasteiger partial charge is 0.396 e. The zero-order chi connectivity index (χ0) is 21.2. The highest BCUT2D eigenvalue weighted by atomic mass is 35.5. The van der Waals surface area contributed by atoms with Gasteiger partial charge in [-0.25, -0.2) is 0 Å². The fourth-order valence-electron chi connectivity index (χ4n) is 4.00. The molecule has 164 valence electrons. The quantitative estimate of drug-likeness (QED) is 0.411. The number of benzene rings is 1. The molecule has 8 heteroatoms. The lowest BCUT2D eigenvalue weighted by atomic mass is 9.72. The molecule has 0 aliphatic heterocycles. The summed E-state index contributed by atoms with van der Waals surface area (Å²) in [7, 11) is 0. The molecule has 2 aromatic rings. The van der Waals surface area contributed by atoms with E-state index in [9.17, 15) is 5.11 Å². The topological polar surface area (TPSA) is 95.6 Å². The van der Waals surface area contributed by atoms with E-state index in [-0.39, 0.29) is 12.0 Å². The minimum Gasteiger partial charge on any atom is -0.396 e.